The molecule has 3 aromatic rings. The number of nitrogens with zero attached hydrogens (tertiary/aromatic N) is 2. The number of thiazole rings is 1. The van der Waals surface area contributed by atoms with E-state index in [0.717, 1.165) is 26.4 Å². The van der Waals surface area contributed by atoms with E-state index >= 15 is 0 Å². The Balaban J connectivity index is 2.06. The van der Waals surface area contributed by atoms with E-state index in [1.165, 1.54) is 0 Å². The fourth-order valence-corrected chi connectivity index (χ4v) is 3.30. The molecular formula is C14H8BrClN2S. The van der Waals surface area contributed by atoms with Gasteiger partial charge in [-0.25, -0.2) is 4.98 Å². The summed E-state index contributed by atoms with van der Waals surface area (Å²) >= 11 is 11.2. The lowest BCUT2D eigenvalue weighted by Gasteiger charge is -2.00. The highest BCUT2D eigenvalue weighted by molar-refractivity contribution is 9.10. The third kappa shape index (κ3) is 2.56. The number of hydrogen-bond acceptors (Lipinski definition) is 3. The molecule has 1 aromatic carbocycles. The smallest absolute Gasteiger partial charge is 0.144 e. The van der Waals surface area contributed by atoms with Crippen LogP contribution < -0.4 is 0 Å². The molecule has 2 aromatic heterocycles. The van der Waals surface area contributed by atoms with E-state index in [1.807, 2.05) is 41.8 Å². The van der Waals surface area contributed by atoms with E-state index in [1.54, 1.807) is 17.5 Å². The van der Waals surface area contributed by atoms with Gasteiger partial charge in [0.2, 0.25) is 0 Å². The van der Waals surface area contributed by atoms with Crippen molar-refractivity contribution in [2.45, 2.75) is 0 Å². The Bertz CT molecular complexity index is 667. The summed E-state index contributed by atoms with van der Waals surface area (Å²) in [6.45, 7) is 0. The van der Waals surface area contributed by atoms with Gasteiger partial charge in [-0.15, -0.1) is 11.3 Å². The zero-order valence-corrected chi connectivity index (χ0v) is 12.8. The van der Waals surface area contributed by atoms with Gasteiger partial charge in [0.05, 0.1) is 10.7 Å². The average Bonchev–Trinajstić information content (AvgIpc) is 2.89. The van der Waals surface area contributed by atoms with Gasteiger partial charge in [-0.2, -0.15) is 0 Å². The zero-order chi connectivity index (χ0) is 13.2. The van der Waals surface area contributed by atoms with Gasteiger partial charge in [0, 0.05) is 21.6 Å². The number of benzene rings is 1. The van der Waals surface area contributed by atoms with Gasteiger partial charge >= 0.3 is 0 Å². The first-order valence-corrected chi connectivity index (χ1v) is 7.62. The van der Waals surface area contributed by atoms with Gasteiger partial charge < -0.3 is 0 Å². The van der Waals surface area contributed by atoms with E-state index in [0.29, 0.717) is 5.02 Å². The largest absolute Gasteiger partial charge is 0.252 e. The molecule has 2 heterocycles. The summed E-state index contributed by atoms with van der Waals surface area (Å²) in [5, 5.41) is 3.47. The minimum Gasteiger partial charge on any atom is -0.252 e. The standard InChI is InChI=1S/C14H8BrClN2S/c15-10-5-2-1-4-9(10)12-8-19-14(18-12)13-11(16)6-3-7-17-13/h1-8H. The van der Waals surface area contributed by atoms with Crippen LogP contribution in [0.25, 0.3) is 22.0 Å². The fourth-order valence-electron chi connectivity index (χ4n) is 1.72. The Morgan fingerprint density at radius 2 is 1.95 bits per heavy atom. The minimum atomic E-state index is 0.621. The van der Waals surface area contributed by atoms with Crippen molar-refractivity contribution in [1.29, 1.82) is 0 Å². The Morgan fingerprint density at radius 1 is 1.11 bits per heavy atom. The SMILES string of the molecule is Clc1cccnc1-c1nc(-c2ccccc2Br)cs1. The summed E-state index contributed by atoms with van der Waals surface area (Å²) in [5.41, 5.74) is 2.72. The molecule has 94 valence electrons. The lowest BCUT2D eigenvalue weighted by molar-refractivity contribution is 1.29. The molecule has 3 rings (SSSR count). The summed E-state index contributed by atoms with van der Waals surface area (Å²) in [7, 11) is 0. The molecule has 0 aliphatic rings. The molecular weight excluding hydrogens is 344 g/mol. The molecule has 0 bridgehead atoms. The third-order valence-corrected chi connectivity index (χ3v) is 4.46. The summed E-state index contributed by atoms with van der Waals surface area (Å²) in [5.74, 6) is 0. The molecule has 5 heteroatoms. The van der Waals surface area contributed by atoms with Gasteiger partial charge in [-0.05, 0) is 18.2 Å². The monoisotopic (exact) mass is 350 g/mol. The Hall–Kier alpha value is -1.23. The predicted molar refractivity (Wildman–Crippen MR) is 83.5 cm³/mol. The highest BCUT2D eigenvalue weighted by atomic mass is 79.9. The van der Waals surface area contributed by atoms with Crippen molar-refractivity contribution in [3.8, 4) is 22.0 Å². The topological polar surface area (TPSA) is 25.8 Å². The maximum Gasteiger partial charge on any atom is 0.144 e. The molecule has 0 radical (unpaired) electrons. The van der Waals surface area contributed by atoms with Gasteiger partial charge in [-0.1, -0.05) is 45.7 Å². The minimum absolute atomic E-state index is 0.621. The fraction of sp³-hybridized carbons (Fsp3) is 0. The molecule has 0 fully saturated rings. The van der Waals surface area contributed by atoms with Crippen molar-refractivity contribution in [1.82, 2.24) is 9.97 Å². The Kier molecular flexibility index (Phi) is 3.64. The number of aromatic nitrogens is 2. The molecule has 0 N–H and O–H groups in total. The summed E-state index contributed by atoms with van der Waals surface area (Å²) in [4.78, 5) is 8.90. The maximum absolute atomic E-state index is 6.14. The van der Waals surface area contributed by atoms with E-state index in [-0.39, 0.29) is 0 Å². The lowest BCUT2D eigenvalue weighted by atomic mass is 10.2. The van der Waals surface area contributed by atoms with Crippen molar-refractivity contribution < 1.29 is 0 Å². The number of halogens is 2. The second-order valence-electron chi connectivity index (χ2n) is 3.85. The predicted octanol–water partition coefficient (Wildman–Crippen LogP) is 5.29. The van der Waals surface area contributed by atoms with Crippen molar-refractivity contribution in [2.75, 3.05) is 0 Å². The first kappa shape index (κ1) is 12.8. The molecule has 0 amide bonds. The van der Waals surface area contributed by atoms with Gasteiger partial charge in [-0.3, -0.25) is 4.98 Å². The summed E-state index contributed by atoms with van der Waals surface area (Å²) < 4.78 is 1.03. The van der Waals surface area contributed by atoms with E-state index in [2.05, 4.69) is 25.9 Å². The van der Waals surface area contributed by atoms with Gasteiger partial charge in [0.1, 0.15) is 10.7 Å². The van der Waals surface area contributed by atoms with Crippen LogP contribution in [0.1, 0.15) is 0 Å². The quantitative estimate of drug-likeness (QED) is 0.627. The van der Waals surface area contributed by atoms with Crippen LogP contribution >= 0.6 is 38.9 Å². The second kappa shape index (κ2) is 5.41. The molecule has 0 saturated carbocycles. The Labute approximate surface area is 128 Å². The molecule has 0 saturated heterocycles. The van der Waals surface area contributed by atoms with Crippen LogP contribution in [-0.2, 0) is 0 Å². The van der Waals surface area contributed by atoms with E-state index in [4.69, 9.17) is 11.6 Å². The summed E-state index contributed by atoms with van der Waals surface area (Å²) in [6, 6.07) is 11.6. The third-order valence-electron chi connectivity index (χ3n) is 2.62. The van der Waals surface area contributed by atoms with Crippen LogP contribution in [-0.4, -0.2) is 9.97 Å². The van der Waals surface area contributed by atoms with Crippen LogP contribution in [0, 0.1) is 0 Å². The molecule has 0 unspecified atom stereocenters. The van der Waals surface area contributed by atoms with E-state index < -0.39 is 0 Å². The molecule has 0 spiro atoms. The molecule has 2 nitrogen and oxygen atoms in total. The van der Waals surface area contributed by atoms with Gasteiger partial charge in [0.15, 0.2) is 0 Å². The molecule has 19 heavy (non-hydrogen) atoms. The molecule has 0 aliphatic carbocycles. The van der Waals surface area contributed by atoms with Crippen LogP contribution in [0.4, 0.5) is 0 Å². The normalized spacial score (nSPS) is 10.6. The van der Waals surface area contributed by atoms with Crippen molar-refractivity contribution >= 4 is 38.9 Å². The second-order valence-corrected chi connectivity index (χ2v) is 5.97. The van der Waals surface area contributed by atoms with Crippen molar-refractivity contribution in [3.05, 3.63) is 57.5 Å². The number of hydrogen-bond donors (Lipinski definition) is 0. The van der Waals surface area contributed by atoms with Crippen LogP contribution in [0.3, 0.4) is 0 Å². The van der Waals surface area contributed by atoms with Crippen LogP contribution in [0.5, 0.6) is 0 Å². The Morgan fingerprint density at radius 3 is 2.74 bits per heavy atom. The number of rotatable bonds is 2. The lowest BCUT2D eigenvalue weighted by Crippen LogP contribution is -1.84. The van der Waals surface area contributed by atoms with Crippen molar-refractivity contribution in [2.24, 2.45) is 0 Å². The first-order valence-electron chi connectivity index (χ1n) is 5.57. The van der Waals surface area contributed by atoms with Crippen LogP contribution in [0.2, 0.25) is 5.02 Å². The summed E-state index contributed by atoms with van der Waals surface area (Å²) in [6.07, 6.45) is 1.72. The molecule has 0 aliphatic heterocycles. The van der Waals surface area contributed by atoms with Crippen molar-refractivity contribution in [3.63, 3.8) is 0 Å². The highest BCUT2D eigenvalue weighted by Crippen LogP contribution is 2.33. The molecule has 0 atom stereocenters. The zero-order valence-electron chi connectivity index (χ0n) is 9.68. The highest BCUT2D eigenvalue weighted by Gasteiger charge is 2.11. The average molecular weight is 352 g/mol. The first-order chi connectivity index (χ1) is 9.25. The maximum atomic E-state index is 6.14. The van der Waals surface area contributed by atoms with E-state index in [9.17, 15) is 0 Å². The van der Waals surface area contributed by atoms with Crippen LogP contribution in [0.15, 0.2) is 52.4 Å². The number of pyridine rings is 1. The van der Waals surface area contributed by atoms with Gasteiger partial charge in [0.25, 0.3) is 0 Å².